The van der Waals surface area contributed by atoms with E-state index in [1.165, 1.54) is 0 Å². The zero-order valence-corrected chi connectivity index (χ0v) is 13.2. The highest BCUT2D eigenvalue weighted by Crippen LogP contribution is 2.38. The van der Waals surface area contributed by atoms with Crippen molar-refractivity contribution in [1.82, 2.24) is 0 Å². The molecule has 0 fully saturated rings. The first-order chi connectivity index (χ1) is 11.5. The van der Waals surface area contributed by atoms with Gasteiger partial charge in [-0.25, -0.2) is 14.0 Å². The minimum absolute atomic E-state index is 0.00418. The van der Waals surface area contributed by atoms with Crippen LogP contribution in [0.3, 0.4) is 0 Å². The summed E-state index contributed by atoms with van der Waals surface area (Å²) in [6.07, 6.45) is -0.851. The maximum atomic E-state index is 13.6. The van der Waals surface area contributed by atoms with Gasteiger partial charge in [0.05, 0.1) is 5.69 Å². The van der Waals surface area contributed by atoms with Crippen LogP contribution in [0.4, 0.5) is 14.9 Å². The fraction of sp³-hybridized carbons (Fsp3) is 0.176. The summed E-state index contributed by atoms with van der Waals surface area (Å²) < 4.78 is 18.8. The Morgan fingerprint density at radius 1 is 1.29 bits per heavy atom. The van der Waals surface area contributed by atoms with Gasteiger partial charge in [0.25, 0.3) is 0 Å². The summed E-state index contributed by atoms with van der Waals surface area (Å²) >= 11 is 5.98. The van der Waals surface area contributed by atoms with Crippen LogP contribution in [0.15, 0.2) is 42.5 Å². The number of carboxylic acids is 1. The van der Waals surface area contributed by atoms with Crippen LogP contribution in [0.25, 0.3) is 0 Å². The molecule has 5 nitrogen and oxygen atoms in total. The molecular formula is C17H13ClFNO4. The highest BCUT2D eigenvalue weighted by Gasteiger charge is 2.41. The standard InChI is InChI=1S/C17H13ClFNO4/c18-13-6-11(19)7-14-12(13)8-15(16(21)22)20(14)17(23)24-9-10-4-2-1-3-5-10/h1-7,15H,8-9H2,(H,21,22). The molecule has 1 amide bonds. The van der Waals surface area contributed by atoms with Crippen LogP contribution in [0.5, 0.6) is 0 Å². The molecule has 0 saturated carbocycles. The van der Waals surface area contributed by atoms with Crippen molar-refractivity contribution in [3.8, 4) is 0 Å². The predicted octanol–water partition coefficient (Wildman–Crippen LogP) is 3.63. The molecule has 24 heavy (non-hydrogen) atoms. The quantitative estimate of drug-likeness (QED) is 0.918. The van der Waals surface area contributed by atoms with Gasteiger partial charge >= 0.3 is 12.1 Å². The van der Waals surface area contributed by atoms with E-state index in [-0.39, 0.29) is 23.7 Å². The molecule has 7 heteroatoms. The van der Waals surface area contributed by atoms with Crippen LogP contribution < -0.4 is 4.90 Å². The van der Waals surface area contributed by atoms with E-state index in [9.17, 15) is 19.1 Å². The van der Waals surface area contributed by atoms with Gasteiger partial charge in [0, 0.05) is 11.4 Å². The lowest BCUT2D eigenvalue weighted by Crippen LogP contribution is -2.43. The van der Waals surface area contributed by atoms with Gasteiger partial charge in [-0.05, 0) is 23.3 Å². The highest BCUT2D eigenvalue weighted by atomic mass is 35.5. The van der Waals surface area contributed by atoms with Crippen LogP contribution >= 0.6 is 11.6 Å². The van der Waals surface area contributed by atoms with Crippen molar-refractivity contribution >= 4 is 29.4 Å². The summed E-state index contributed by atoms with van der Waals surface area (Å²) in [7, 11) is 0. The van der Waals surface area contributed by atoms with Crippen LogP contribution in [-0.4, -0.2) is 23.2 Å². The first-order valence-corrected chi connectivity index (χ1v) is 7.56. The van der Waals surface area contributed by atoms with E-state index >= 15 is 0 Å². The van der Waals surface area contributed by atoms with Crippen molar-refractivity contribution in [1.29, 1.82) is 0 Å². The zero-order valence-electron chi connectivity index (χ0n) is 12.4. The van der Waals surface area contributed by atoms with Crippen molar-refractivity contribution < 1.29 is 23.8 Å². The second-order valence-corrected chi connectivity index (χ2v) is 5.76. The minimum atomic E-state index is -1.21. The molecule has 1 unspecified atom stereocenters. The second kappa shape index (κ2) is 6.49. The topological polar surface area (TPSA) is 66.8 Å². The SMILES string of the molecule is O=C(O)C1Cc2c(Cl)cc(F)cc2N1C(=O)OCc1ccccc1. The second-order valence-electron chi connectivity index (χ2n) is 5.35. The summed E-state index contributed by atoms with van der Waals surface area (Å²) in [5, 5.41) is 9.46. The third kappa shape index (κ3) is 3.05. The molecule has 0 aliphatic carbocycles. The van der Waals surface area contributed by atoms with Gasteiger partial charge in [0.1, 0.15) is 18.5 Å². The maximum Gasteiger partial charge on any atom is 0.415 e. The molecule has 1 N–H and O–H groups in total. The fourth-order valence-electron chi connectivity index (χ4n) is 2.67. The number of carboxylic acid groups (broad SMARTS) is 1. The average molecular weight is 350 g/mol. The Morgan fingerprint density at radius 3 is 2.67 bits per heavy atom. The van der Waals surface area contributed by atoms with Crippen LogP contribution in [0.1, 0.15) is 11.1 Å². The Hall–Kier alpha value is -2.60. The molecule has 1 heterocycles. The van der Waals surface area contributed by atoms with Crippen molar-refractivity contribution in [3.63, 3.8) is 0 Å². The molecule has 124 valence electrons. The molecule has 2 aromatic rings. The summed E-state index contributed by atoms with van der Waals surface area (Å²) in [6.45, 7) is -0.0130. The Labute approximate surface area is 142 Å². The highest BCUT2D eigenvalue weighted by molar-refractivity contribution is 6.32. The Kier molecular flexibility index (Phi) is 4.40. The van der Waals surface area contributed by atoms with Crippen molar-refractivity contribution in [2.24, 2.45) is 0 Å². The largest absolute Gasteiger partial charge is 0.480 e. The smallest absolute Gasteiger partial charge is 0.415 e. The summed E-state index contributed by atoms with van der Waals surface area (Å²) in [5.41, 5.74) is 1.31. The number of amides is 1. The summed E-state index contributed by atoms with van der Waals surface area (Å²) in [5.74, 6) is -1.86. The molecular weight excluding hydrogens is 337 g/mol. The zero-order chi connectivity index (χ0) is 17.3. The average Bonchev–Trinajstić information content (AvgIpc) is 2.93. The molecule has 2 aromatic carbocycles. The number of halogens is 2. The molecule has 0 radical (unpaired) electrons. The number of benzene rings is 2. The number of nitrogens with zero attached hydrogens (tertiary/aromatic N) is 1. The molecule has 1 atom stereocenters. The minimum Gasteiger partial charge on any atom is -0.480 e. The number of hydrogen-bond acceptors (Lipinski definition) is 3. The number of aliphatic carboxylic acids is 1. The first-order valence-electron chi connectivity index (χ1n) is 7.18. The molecule has 0 bridgehead atoms. The number of anilines is 1. The lowest BCUT2D eigenvalue weighted by atomic mass is 10.1. The number of carbonyl (C=O) groups excluding carboxylic acids is 1. The Bertz CT molecular complexity index is 797. The van der Waals surface area contributed by atoms with E-state index in [0.717, 1.165) is 22.6 Å². The Balaban J connectivity index is 1.87. The third-order valence-electron chi connectivity index (χ3n) is 3.79. The van der Waals surface area contributed by atoms with E-state index in [1.54, 1.807) is 24.3 Å². The van der Waals surface area contributed by atoms with Gasteiger partial charge in [0.15, 0.2) is 0 Å². The van der Waals surface area contributed by atoms with Gasteiger partial charge in [0.2, 0.25) is 0 Å². The molecule has 3 rings (SSSR count). The van der Waals surface area contributed by atoms with Crippen LogP contribution in [-0.2, 0) is 22.6 Å². The van der Waals surface area contributed by atoms with E-state index in [4.69, 9.17) is 16.3 Å². The number of fused-ring (bicyclic) bond motifs is 1. The predicted molar refractivity (Wildman–Crippen MR) is 85.6 cm³/mol. The summed E-state index contributed by atoms with van der Waals surface area (Å²) in [4.78, 5) is 24.8. The maximum absolute atomic E-state index is 13.6. The normalized spacial score (nSPS) is 15.9. The number of rotatable bonds is 3. The monoisotopic (exact) mass is 349 g/mol. The van der Waals surface area contributed by atoms with E-state index < -0.39 is 23.9 Å². The number of hydrogen-bond donors (Lipinski definition) is 1. The van der Waals surface area contributed by atoms with Crippen molar-refractivity contribution in [2.75, 3.05) is 4.90 Å². The molecule has 0 aromatic heterocycles. The summed E-state index contributed by atoms with van der Waals surface area (Å²) in [6, 6.07) is 9.97. The van der Waals surface area contributed by atoms with Crippen molar-refractivity contribution in [3.05, 3.63) is 64.4 Å². The first kappa shape index (κ1) is 16.3. The number of ether oxygens (including phenoxy) is 1. The lowest BCUT2D eigenvalue weighted by molar-refractivity contribution is -0.138. The molecule has 1 aliphatic rings. The fourth-order valence-corrected chi connectivity index (χ4v) is 2.95. The van der Waals surface area contributed by atoms with Crippen molar-refractivity contribution in [2.45, 2.75) is 19.1 Å². The van der Waals surface area contributed by atoms with E-state index in [0.29, 0.717) is 5.56 Å². The molecule has 1 aliphatic heterocycles. The van der Waals surface area contributed by atoms with Gasteiger partial charge in [-0.3, -0.25) is 4.90 Å². The van der Waals surface area contributed by atoms with Crippen LogP contribution in [0, 0.1) is 5.82 Å². The van der Waals surface area contributed by atoms with Gasteiger partial charge in [-0.15, -0.1) is 0 Å². The van der Waals surface area contributed by atoms with E-state index in [1.807, 2.05) is 6.07 Å². The van der Waals surface area contributed by atoms with Gasteiger partial charge in [-0.1, -0.05) is 41.9 Å². The molecule has 0 spiro atoms. The molecule has 0 saturated heterocycles. The van der Waals surface area contributed by atoms with Gasteiger partial charge in [-0.2, -0.15) is 0 Å². The third-order valence-corrected chi connectivity index (χ3v) is 4.13. The lowest BCUT2D eigenvalue weighted by Gasteiger charge is -2.22. The van der Waals surface area contributed by atoms with E-state index in [2.05, 4.69) is 0 Å². The Morgan fingerprint density at radius 2 is 2.00 bits per heavy atom. The van der Waals surface area contributed by atoms with Crippen LogP contribution in [0.2, 0.25) is 5.02 Å². The number of carbonyl (C=O) groups is 2. The van der Waals surface area contributed by atoms with Gasteiger partial charge < -0.3 is 9.84 Å².